The Morgan fingerprint density at radius 2 is 1.80 bits per heavy atom. The molecule has 0 bridgehead atoms. The zero-order valence-electron chi connectivity index (χ0n) is 8.48. The summed E-state index contributed by atoms with van der Waals surface area (Å²) in [5, 5.41) is 16.7. The van der Waals surface area contributed by atoms with Gasteiger partial charge in [0, 0.05) is 12.8 Å². The minimum atomic E-state index is -0.922. The van der Waals surface area contributed by atoms with Crippen molar-refractivity contribution in [1.29, 1.82) is 0 Å². The zero-order chi connectivity index (χ0) is 11.5. The maximum atomic E-state index is 10.9. The van der Waals surface area contributed by atoms with Gasteiger partial charge in [-0.2, -0.15) is 0 Å². The average molecular weight is 220 g/mol. The van der Waals surface area contributed by atoms with E-state index in [4.69, 9.17) is 19.7 Å². The van der Waals surface area contributed by atoms with Crippen molar-refractivity contribution in [1.82, 2.24) is 0 Å². The van der Waals surface area contributed by atoms with E-state index in [1.54, 1.807) is 0 Å². The van der Waals surface area contributed by atoms with Crippen molar-refractivity contribution in [3.8, 4) is 0 Å². The molecule has 2 N–H and O–H groups in total. The topological polar surface area (TPSA) is 93.1 Å². The normalized spacial score (nSPS) is 9.93. The van der Waals surface area contributed by atoms with Crippen LogP contribution in [0.2, 0.25) is 0 Å². The van der Waals surface area contributed by atoms with Crippen LogP contribution < -0.4 is 0 Å². The van der Waals surface area contributed by atoms with Gasteiger partial charge in [-0.05, 0) is 6.42 Å². The summed E-state index contributed by atoms with van der Waals surface area (Å²) >= 11 is 0. The van der Waals surface area contributed by atoms with Crippen molar-refractivity contribution in [2.24, 2.45) is 0 Å². The summed E-state index contributed by atoms with van der Waals surface area (Å²) in [5.74, 6) is -1.35. The molecule has 88 valence electrons. The van der Waals surface area contributed by atoms with Gasteiger partial charge >= 0.3 is 11.9 Å². The number of hydrogen-bond acceptors (Lipinski definition) is 5. The van der Waals surface area contributed by atoms with Gasteiger partial charge in [-0.25, -0.2) is 0 Å². The number of esters is 1. The zero-order valence-corrected chi connectivity index (χ0v) is 8.48. The Hall–Kier alpha value is -1.14. The van der Waals surface area contributed by atoms with Crippen molar-refractivity contribution in [2.45, 2.75) is 19.3 Å². The molecule has 0 atom stereocenters. The molecular weight excluding hydrogens is 204 g/mol. The number of carbonyl (C=O) groups excluding carboxylic acids is 1. The molecule has 0 fully saturated rings. The largest absolute Gasteiger partial charge is 0.481 e. The molecule has 0 heterocycles. The molecule has 0 aromatic carbocycles. The summed E-state index contributed by atoms with van der Waals surface area (Å²) in [4.78, 5) is 21.1. The van der Waals surface area contributed by atoms with Gasteiger partial charge < -0.3 is 19.7 Å². The highest BCUT2D eigenvalue weighted by molar-refractivity contribution is 5.71. The molecule has 0 saturated heterocycles. The minimum absolute atomic E-state index is 0.0316. The van der Waals surface area contributed by atoms with Crippen molar-refractivity contribution in [3.05, 3.63) is 0 Å². The molecule has 0 aromatic rings. The van der Waals surface area contributed by atoms with Crippen LogP contribution in [0, 0.1) is 0 Å². The van der Waals surface area contributed by atoms with Gasteiger partial charge in [-0.15, -0.1) is 0 Å². The van der Waals surface area contributed by atoms with Gasteiger partial charge in [0.1, 0.15) is 6.61 Å². The number of aliphatic hydroxyl groups is 1. The van der Waals surface area contributed by atoms with E-state index < -0.39 is 11.9 Å². The third-order valence-corrected chi connectivity index (χ3v) is 1.50. The number of hydrogen-bond donors (Lipinski definition) is 2. The van der Waals surface area contributed by atoms with Gasteiger partial charge in [0.2, 0.25) is 0 Å². The van der Waals surface area contributed by atoms with Crippen LogP contribution in [0.1, 0.15) is 19.3 Å². The van der Waals surface area contributed by atoms with Gasteiger partial charge in [-0.3, -0.25) is 9.59 Å². The number of rotatable bonds is 9. The van der Waals surface area contributed by atoms with Crippen LogP contribution in [0.5, 0.6) is 0 Å². The van der Waals surface area contributed by atoms with Crippen LogP contribution >= 0.6 is 0 Å². The lowest BCUT2D eigenvalue weighted by Crippen LogP contribution is -2.12. The van der Waals surface area contributed by atoms with Crippen LogP contribution in [0.15, 0.2) is 0 Å². The average Bonchev–Trinajstić information content (AvgIpc) is 2.17. The Bertz CT molecular complexity index is 191. The Kier molecular flexibility index (Phi) is 8.70. The second kappa shape index (κ2) is 9.42. The van der Waals surface area contributed by atoms with Crippen LogP contribution in [0.25, 0.3) is 0 Å². The fourth-order valence-corrected chi connectivity index (χ4v) is 0.837. The molecular formula is C9H16O6. The summed E-state index contributed by atoms with van der Waals surface area (Å²) in [5.41, 5.74) is 0. The molecule has 0 rings (SSSR count). The molecule has 0 aliphatic rings. The van der Waals surface area contributed by atoms with E-state index in [0.29, 0.717) is 0 Å². The fourth-order valence-electron chi connectivity index (χ4n) is 0.837. The number of carboxylic acids is 1. The van der Waals surface area contributed by atoms with Crippen molar-refractivity contribution >= 4 is 11.9 Å². The first kappa shape index (κ1) is 13.9. The molecule has 6 heteroatoms. The standard InChI is InChI=1S/C9H16O6/c10-4-5-14-6-7-15-9(13)3-1-2-8(11)12/h10H,1-7H2,(H,11,12). The minimum Gasteiger partial charge on any atom is -0.481 e. The lowest BCUT2D eigenvalue weighted by atomic mass is 10.2. The van der Waals surface area contributed by atoms with Gasteiger partial charge in [0.25, 0.3) is 0 Å². The molecule has 15 heavy (non-hydrogen) atoms. The van der Waals surface area contributed by atoms with Crippen LogP contribution in [-0.2, 0) is 19.1 Å². The predicted octanol–water partition coefficient (Wildman–Crippen LogP) is -0.207. The summed E-state index contributed by atoms with van der Waals surface area (Å²) in [6.45, 7) is 0.528. The number of ether oxygens (including phenoxy) is 2. The molecule has 6 nitrogen and oxygen atoms in total. The third kappa shape index (κ3) is 10.8. The lowest BCUT2D eigenvalue weighted by molar-refractivity contribution is -0.145. The Morgan fingerprint density at radius 1 is 1.07 bits per heavy atom. The summed E-state index contributed by atoms with van der Waals surface area (Å²) in [7, 11) is 0. The first-order chi connectivity index (χ1) is 7.16. The SMILES string of the molecule is O=C(O)CCCC(=O)OCCOCCO. The van der Waals surface area contributed by atoms with Crippen LogP contribution in [0.4, 0.5) is 0 Å². The molecule has 0 aliphatic carbocycles. The highest BCUT2D eigenvalue weighted by Crippen LogP contribution is 1.97. The van der Waals surface area contributed by atoms with E-state index in [9.17, 15) is 9.59 Å². The quantitative estimate of drug-likeness (QED) is 0.412. The highest BCUT2D eigenvalue weighted by atomic mass is 16.6. The number of aliphatic hydroxyl groups excluding tert-OH is 1. The van der Waals surface area contributed by atoms with E-state index in [1.165, 1.54) is 0 Å². The van der Waals surface area contributed by atoms with Gasteiger partial charge in [-0.1, -0.05) is 0 Å². The van der Waals surface area contributed by atoms with E-state index >= 15 is 0 Å². The maximum absolute atomic E-state index is 10.9. The summed E-state index contributed by atoms with van der Waals surface area (Å²) < 4.78 is 9.59. The summed E-state index contributed by atoms with van der Waals surface area (Å²) in [6.07, 6.45) is 0.355. The maximum Gasteiger partial charge on any atom is 0.305 e. The van der Waals surface area contributed by atoms with Crippen molar-refractivity contribution in [2.75, 3.05) is 26.4 Å². The number of aliphatic carboxylic acids is 1. The smallest absolute Gasteiger partial charge is 0.305 e. The molecule has 0 aromatic heterocycles. The molecule has 0 unspecified atom stereocenters. The van der Waals surface area contributed by atoms with E-state index in [0.717, 1.165) is 0 Å². The monoisotopic (exact) mass is 220 g/mol. The molecule has 0 aliphatic heterocycles. The highest BCUT2D eigenvalue weighted by Gasteiger charge is 2.04. The molecule has 0 spiro atoms. The van der Waals surface area contributed by atoms with E-state index in [1.807, 2.05) is 0 Å². The Morgan fingerprint density at radius 3 is 2.40 bits per heavy atom. The first-order valence-corrected chi connectivity index (χ1v) is 4.73. The van der Waals surface area contributed by atoms with E-state index in [2.05, 4.69) is 0 Å². The number of carbonyl (C=O) groups is 2. The first-order valence-electron chi connectivity index (χ1n) is 4.73. The molecule has 0 amide bonds. The predicted molar refractivity (Wildman–Crippen MR) is 50.4 cm³/mol. The Labute approximate surface area is 87.8 Å². The lowest BCUT2D eigenvalue weighted by Gasteiger charge is -2.04. The third-order valence-electron chi connectivity index (χ3n) is 1.50. The van der Waals surface area contributed by atoms with Gasteiger partial charge in [0.15, 0.2) is 0 Å². The van der Waals surface area contributed by atoms with Gasteiger partial charge in [0.05, 0.1) is 19.8 Å². The van der Waals surface area contributed by atoms with Crippen molar-refractivity contribution < 1.29 is 29.3 Å². The van der Waals surface area contributed by atoms with Crippen molar-refractivity contribution in [3.63, 3.8) is 0 Å². The Balaban J connectivity index is 3.22. The summed E-state index contributed by atoms with van der Waals surface area (Å²) in [6, 6.07) is 0. The molecule has 0 saturated carbocycles. The van der Waals surface area contributed by atoms with Crippen LogP contribution in [-0.4, -0.2) is 48.6 Å². The number of carboxylic acid groups (broad SMARTS) is 1. The second-order valence-corrected chi connectivity index (χ2v) is 2.80. The fraction of sp³-hybridized carbons (Fsp3) is 0.778. The van der Waals surface area contributed by atoms with Crippen LogP contribution in [0.3, 0.4) is 0 Å². The molecule has 0 radical (unpaired) electrons. The van der Waals surface area contributed by atoms with E-state index in [-0.39, 0.29) is 45.7 Å². The second-order valence-electron chi connectivity index (χ2n) is 2.80.